The Morgan fingerprint density at radius 1 is 0.500 bits per heavy atom. The van der Waals surface area contributed by atoms with Crippen molar-refractivity contribution in [2.24, 2.45) is 0 Å². The summed E-state index contributed by atoms with van der Waals surface area (Å²) in [7, 11) is 0. The van der Waals surface area contributed by atoms with E-state index in [2.05, 4.69) is 212 Å². The van der Waals surface area contributed by atoms with Gasteiger partial charge in [-0.25, -0.2) is 0 Å². The van der Waals surface area contributed by atoms with E-state index in [1.54, 1.807) is 0 Å². The minimum atomic E-state index is -0.523. The van der Waals surface area contributed by atoms with Gasteiger partial charge in [-0.2, -0.15) is 0 Å². The third-order valence-electron chi connectivity index (χ3n) is 11.7. The zero-order valence-electron chi connectivity index (χ0n) is 32.3. The lowest BCUT2D eigenvalue weighted by molar-refractivity contribution is 0.603. The zero-order chi connectivity index (χ0) is 39.1. The van der Waals surface area contributed by atoms with E-state index >= 15 is 0 Å². The first-order valence-electron chi connectivity index (χ1n) is 19.9. The van der Waals surface area contributed by atoms with Crippen molar-refractivity contribution in [2.75, 3.05) is 4.90 Å². The summed E-state index contributed by atoms with van der Waals surface area (Å²) in [6, 6.07) is 72.8. The molecule has 276 valence electrons. The van der Waals surface area contributed by atoms with Crippen LogP contribution >= 0.6 is 0 Å². The standard InChI is InChI=1S/C56H41NO/c1-3-18-54-46(4-2)50-37-41(31-36-55(50)58-54)47-25-15-17-28-53(47)57(44-32-29-40(30-33-44)39-19-8-5-9-20-39)45-34-35-49-48-26-14-16-27-51(48)56(52(49)38-45,42-21-10-6-11-22-42)43-23-12-7-13-24-43/h3-38H,2H2,1H3/b18-3-. The highest BCUT2D eigenvalue weighted by Gasteiger charge is 2.46. The fourth-order valence-electron chi connectivity index (χ4n) is 9.13. The summed E-state index contributed by atoms with van der Waals surface area (Å²) in [6.45, 7) is 6.15. The molecule has 9 aromatic rings. The average molecular weight is 744 g/mol. The van der Waals surface area contributed by atoms with E-state index in [1.165, 1.54) is 44.5 Å². The molecule has 0 radical (unpaired) electrons. The van der Waals surface area contributed by atoms with Crippen LogP contribution in [-0.4, -0.2) is 0 Å². The number of hydrogen-bond donors (Lipinski definition) is 0. The summed E-state index contributed by atoms with van der Waals surface area (Å²) in [5.41, 5.74) is 16.7. The first-order chi connectivity index (χ1) is 28.7. The summed E-state index contributed by atoms with van der Waals surface area (Å²) in [6.07, 6.45) is 5.90. The number of rotatable bonds is 9. The Morgan fingerprint density at radius 2 is 1.07 bits per heavy atom. The maximum atomic E-state index is 6.28. The summed E-state index contributed by atoms with van der Waals surface area (Å²) >= 11 is 0. The van der Waals surface area contributed by atoms with E-state index in [9.17, 15) is 0 Å². The number of fused-ring (bicyclic) bond motifs is 4. The molecule has 0 spiro atoms. The second-order valence-corrected chi connectivity index (χ2v) is 14.8. The molecule has 0 bridgehead atoms. The summed E-state index contributed by atoms with van der Waals surface area (Å²) in [5, 5.41) is 1.04. The predicted octanol–water partition coefficient (Wildman–Crippen LogP) is 15.3. The maximum Gasteiger partial charge on any atom is 0.135 e. The predicted molar refractivity (Wildman–Crippen MR) is 244 cm³/mol. The molecule has 0 unspecified atom stereocenters. The number of allylic oxidation sites excluding steroid dienone is 1. The van der Waals surface area contributed by atoms with E-state index in [0.717, 1.165) is 50.5 Å². The number of furan rings is 1. The Labute approximate surface area is 340 Å². The SMILES string of the molecule is C=Cc1c(/C=C\C)oc2ccc(-c3ccccc3N(c3ccc(-c4ccccc4)cc3)c3ccc4c(c3)C(c3ccccc3)(c3ccccc3)c3ccccc3-4)cc12. The van der Waals surface area contributed by atoms with Crippen LogP contribution in [0.15, 0.2) is 217 Å². The highest BCUT2D eigenvalue weighted by molar-refractivity contribution is 5.97. The number of anilines is 3. The topological polar surface area (TPSA) is 16.4 Å². The van der Waals surface area contributed by atoms with Gasteiger partial charge in [-0.15, -0.1) is 0 Å². The Bertz CT molecular complexity index is 2920. The zero-order valence-corrected chi connectivity index (χ0v) is 32.3. The van der Waals surface area contributed by atoms with Gasteiger partial charge in [0.15, 0.2) is 0 Å². The molecule has 1 aliphatic carbocycles. The summed E-state index contributed by atoms with van der Waals surface area (Å²) in [5.74, 6) is 0.817. The van der Waals surface area contributed by atoms with Crippen LogP contribution in [0.4, 0.5) is 17.1 Å². The van der Waals surface area contributed by atoms with Crippen molar-refractivity contribution >= 4 is 40.2 Å². The van der Waals surface area contributed by atoms with E-state index in [0.29, 0.717) is 0 Å². The number of hydrogen-bond acceptors (Lipinski definition) is 2. The highest BCUT2D eigenvalue weighted by atomic mass is 16.3. The molecule has 0 aliphatic heterocycles. The Hall–Kier alpha value is -7.42. The van der Waals surface area contributed by atoms with Gasteiger partial charge >= 0.3 is 0 Å². The third-order valence-corrected chi connectivity index (χ3v) is 11.7. The lowest BCUT2D eigenvalue weighted by atomic mass is 9.67. The molecule has 1 aliphatic rings. The lowest BCUT2D eigenvalue weighted by Crippen LogP contribution is -2.28. The molecule has 1 aromatic heterocycles. The summed E-state index contributed by atoms with van der Waals surface area (Å²) in [4.78, 5) is 2.42. The van der Waals surface area contributed by atoms with Crippen LogP contribution < -0.4 is 4.90 Å². The fourth-order valence-corrected chi connectivity index (χ4v) is 9.13. The molecule has 10 rings (SSSR count). The van der Waals surface area contributed by atoms with Crippen molar-refractivity contribution < 1.29 is 4.42 Å². The number of benzene rings is 8. The van der Waals surface area contributed by atoms with Gasteiger partial charge in [-0.1, -0.05) is 176 Å². The molecule has 58 heavy (non-hydrogen) atoms. The minimum Gasteiger partial charge on any atom is -0.456 e. The molecule has 8 aromatic carbocycles. The Morgan fingerprint density at radius 3 is 1.76 bits per heavy atom. The van der Waals surface area contributed by atoms with Crippen molar-refractivity contribution in [3.05, 3.63) is 246 Å². The molecular formula is C56H41NO. The van der Waals surface area contributed by atoms with Crippen LogP contribution in [0.1, 0.15) is 40.5 Å². The van der Waals surface area contributed by atoms with Crippen LogP contribution in [0.5, 0.6) is 0 Å². The molecule has 2 nitrogen and oxygen atoms in total. The molecule has 0 fully saturated rings. The monoisotopic (exact) mass is 743 g/mol. The van der Waals surface area contributed by atoms with Gasteiger partial charge in [0.1, 0.15) is 11.3 Å². The van der Waals surface area contributed by atoms with Crippen LogP contribution in [0.2, 0.25) is 0 Å². The number of para-hydroxylation sites is 1. The van der Waals surface area contributed by atoms with Crippen LogP contribution in [0.3, 0.4) is 0 Å². The summed E-state index contributed by atoms with van der Waals surface area (Å²) < 4.78 is 6.28. The van der Waals surface area contributed by atoms with Crippen molar-refractivity contribution in [3.8, 4) is 33.4 Å². The van der Waals surface area contributed by atoms with Crippen molar-refractivity contribution in [1.82, 2.24) is 0 Å². The van der Waals surface area contributed by atoms with Gasteiger partial charge in [0, 0.05) is 27.9 Å². The first-order valence-corrected chi connectivity index (χ1v) is 19.9. The van der Waals surface area contributed by atoms with E-state index in [-0.39, 0.29) is 0 Å². The smallest absolute Gasteiger partial charge is 0.135 e. The Balaban J connectivity index is 1.22. The molecule has 0 amide bonds. The van der Waals surface area contributed by atoms with Gasteiger partial charge in [-0.3, -0.25) is 0 Å². The Kier molecular flexibility index (Phi) is 8.81. The van der Waals surface area contributed by atoms with E-state index in [4.69, 9.17) is 4.42 Å². The van der Waals surface area contributed by atoms with Crippen LogP contribution in [-0.2, 0) is 5.41 Å². The quantitative estimate of drug-likeness (QED) is 0.146. The maximum absolute atomic E-state index is 6.28. The first kappa shape index (κ1) is 35.0. The molecule has 1 heterocycles. The molecule has 0 atom stereocenters. The highest BCUT2D eigenvalue weighted by Crippen LogP contribution is 2.57. The van der Waals surface area contributed by atoms with Gasteiger partial charge in [0.25, 0.3) is 0 Å². The number of nitrogens with zero attached hydrogens (tertiary/aromatic N) is 1. The third kappa shape index (κ3) is 5.64. The molecule has 0 N–H and O–H groups in total. The molecular weight excluding hydrogens is 703 g/mol. The van der Waals surface area contributed by atoms with Crippen molar-refractivity contribution in [2.45, 2.75) is 12.3 Å². The largest absolute Gasteiger partial charge is 0.456 e. The molecule has 0 saturated carbocycles. The van der Waals surface area contributed by atoms with Crippen LogP contribution in [0, 0.1) is 0 Å². The lowest BCUT2D eigenvalue weighted by Gasteiger charge is -2.35. The van der Waals surface area contributed by atoms with Crippen molar-refractivity contribution in [1.29, 1.82) is 0 Å². The van der Waals surface area contributed by atoms with Gasteiger partial charge < -0.3 is 9.32 Å². The minimum absolute atomic E-state index is 0.523. The van der Waals surface area contributed by atoms with Crippen molar-refractivity contribution in [3.63, 3.8) is 0 Å². The van der Waals surface area contributed by atoms with E-state index in [1.807, 2.05) is 25.2 Å². The van der Waals surface area contributed by atoms with Gasteiger partial charge in [0.2, 0.25) is 0 Å². The fraction of sp³-hybridized carbons (Fsp3) is 0.0357. The van der Waals surface area contributed by atoms with Crippen LogP contribution in [0.25, 0.3) is 56.5 Å². The van der Waals surface area contributed by atoms with Gasteiger partial charge in [0.05, 0.1) is 11.1 Å². The molecule has 0 saturated heterocycles. The average Bonchev–Trinajstić information content (AvgIpc) is 3.80. The van der Waals surface area contributed by atoms with Gasteiger partial charge in [-0.05, 0) is 106 Å². The second-order valence-electron chi connectivity index (χ2n) is 14.8. The normalized spacial score (nSPS) is 12.7. The van der Waals surface area contributed by atoms with E-state index < -0.39 is 5.41 Å². The second kappa shape index (κ2) is 14.6. The molecule has 2 heteroatoms.